The molecule has 1 aromatic rings. The van der Waals surface area contributed by atoms with Gasteiger partial charge in [-0.25, -0.2) is 5.48 Å². The number of likely N-dealkylation sites (tertiary alicyclic amines) is 1. The second-order valence-electron chi connectivity index (χ2n) is 11.2. The number of rotatable bonds is 8. The Kier molecular flexibility index (Phi) is 9.43. The van der Waals surface area contributed by atoms with E-state index in [2.05, 4.69) is 17.1 Å². The Hall–Kier alpha value is -2.65. The fraction of sp³-hybridized carbons (Fsp3) is 0.679. The molecule has 4 aliphatic rings. The fourth-order valence-electron chi connectivity index (χ4n) is 6.23. The van der Waals surface area contributed by atoms with E-state index in [1.165, 1.54) is 44.2 Å². The molecule has 1 aromatic carbocycles. The maximum absolute atomic E-state index is 13.0. The van der Waals surface area contributed by atoms with Gasteiger partial charge in [0.05, 0.1) is 13.2 Å². The lowest BCUT2D eigenvalue weighted by Crippen LogP contribution is -2.41. The van der Waals surface area contributed by atoms with E-state index in [1.54, 1.807) is 5.48 Å². The number of carbonyl (C=O) groups excluding carboxylic acids is 3. The van der Waals surface area contributed by atoms with E-state index in [1.807, 2.05) is 29.2 Å². The molecule has 2 aliphatic heterocycles. The number of amides is 3. The van der Waals surface area contributed by atoms with Crippen molar-refractivity contribution in [3.63, 3.8) is 0 Å². The Labute approximate surface area is 219 Å². The zero-order valence-electron chi connectivity index (χ0n) is 22.0. The number of carbonyl (C=O) groups is 3. The van der Waals surface area contributed by atoms with Crippen LogP contribution in [0.3, 0.4) is 0 Å². The number of hydrogen-bond acceptors (Lipinski definition) is 6. The average molecular weight is 515 g/mol. The molecule has 204 valence electrons. The van der Waals surface area contributed by atoms with Crippen molar-refractivity contribution in [2.24, 2.45) is 17.3 Å². The molecule has 2 aliphatic carbocycles. The predicted molar refractivity (Wildman–Crippen MR) is 141 cm³/mol. The summed E-state index contributed by atoms with van der Waals surface area (Å²) < 4.78 is 5.28. The molecule has 9 nitrogen and oxygen atoms in total. The van der Waals surface area contributed by atoms with Gasteiger partial charge in [0.2, 0.25) is 18.2 Å². The third-order valence-electron chi connectivity index (χ3n) is 8.47. The summed E-state index contributed by atoms with van der Waals surface area (Å²) >= 11 is 0. The number of nitrogens with zero attached hydrogens (tertiary/aromatic N) is 2. The van der Waals surface area contributed by atoms with Crippen molar-refractivity contribution < 1.29 is 24.3 Å². The van der Waals surface area contributed by atoms with E-state index in [4.69, 9.17) is 9.94 Å². The molecule has 1 spiro atoms. The van der Waals surface area contributed by atoms with Gasteiger partial charge in [0.25, 0.3) is 0 Å². The van der Waals surface area contributed by atoms with Crippen molar-refractivity contribution in [2.45, 2.75) is 70.8 Å². The third-order valence-corrected chi connectivity index (χ3v) is 8.47. The van der Waals surface area contributed by atoms with Crippen LogP contribution in [0, 0.1) is 17.3 Å². The second-order valence-corrected chi connectivity index (χ2v) is 11.2. The van der Waals surface area contributed by atoms with Gasteiger partial charge in [-0.3, -0.25) is 19.6 Å². The van der Waals surface area contributed by atoms with Crippen LogP contribution < -0.4 is 15.7 Å². The lowest BCUT2D eigenvalue weighted by atomic mass is 9.89. The number of ether oxygens (including phenoxy) is 1. The molecule has 0 aromatic heterocycles. The Bertz CT molecular complexity index is 908. The van der Waals surface area contributed by atoms with Gasteiger partial charge < -0.3 is 19.9 Å². The lowest BCUT2D eigenvalue weighted by Gasteiger charge is -2.28. The van der Waals surface area contributed by atoms with Crippen molar-refractivity contribution in [2.75, 3.05) is 43.1 Å². The summed E-state index contributed by atoms with van der Waals surface area (Å²) in [6.45, 7) is 6.43. The molecule has 3 N–H and O–H groups in total. The van der Waals surface area contributed by atoms with Crippen LogP contribution in [0.4, 0.5) is 11.4 Å². The molecule has 37 heavy (non-hydrogen) atoms. The van der Waals surface area contributed by atoms with Crippen molar-refractivity contribution in [3.8, 4) is 0 Å². The third kappa shape index (κ3) is 7.45. The Morgan fingerprint density at radius 2 is 1.84 bits per heavy atom. The Morgan fingerprint density at radius 3 is 2.41 bits per heavy atom. The molecule has 0 radical (unpaired) electrons. The summed E-state index contributed by atoms with van der Waals surface area (Å²) in [4.78, 5) is 39.1. The van der Waals surface area contributed by atoms with Crippen LogP contribution in [-0.4, -0.2) is 67.2 Å². The topological polar surface area (TPSA) is 111 Å². The highest BCUT2D eigenvalue weighted by Gasteiger charge is 2.52. The molecular weight excluding hydrogens is 472 g/mol. The monoisotopic (exact) mass is 514 g/mol. The van der Waals surface area contributed by atoms with Gasteiger partial charge in [-0.2, -0.15) is 0 Å². The number of hydroxylamine groups is 1. The minimum absolute atomic E-state index is 0.113. The van der Waals surface area contributed by atoms with Gasteiger partial charge in [0.1, 0.15) is 0 Å². The molecule has 9 heteroatoms. The zero-order valence-corrected chi connectivity index (χ0v) is 22.0. The number of nitrogens with one attached hydrogen (secondary N) is 2. The van der Waals surface area contributed by atoms with Crippen molar-refractivity contribution in [1.29, 1.82) is 0 Å². The van der Waals surface area contributed by atoms with Crippen LogP contribution in [0.1, 0.15) is 64.7 Å². The summed E-state index contributed by atoms with van der Waals surface area (Å²) in [5.41, 5.74) is 4.09. The molecule has 0 bridgehead atoms. The first-order valence-corrected chi connectivity index (χ1v) is 13.8. The van der Waals surface area contributed by atoms with Crippen molar-refractivity contribution >= 4 is 29.6 Å². The van der Waals surface area contributed by atoms with Gasteiger partial charge in [0, 0.05) is 49.4 Å². The number of benzene rings is 1. The summed E-state index contributed by atoms with van der Waals surface area (Å²) in [6.07, 6.45) is 10.0. The van der Waals surface area contributed by atoms with Gasteiger partial charge in [0.15, 0.2) is 0 Å². The first-order chi connectivity index (χ1) is 17.9. The van der Waals surface area contributed by atoms with E-state index in [0.717, 1.165) is 51.4 Å². The molecule has 2 unspecified atom stereocenters. The van der Waals surface area contributed by atoms with Crippen LogP contribution >= 0.6 is 0 Å². The number of morpholine rings is 1. The van der Waals surface area contributed by atoms with E-state index in [-0.39, 0.29) is 18.2 Å². The van der Waals surface area contributed by atoms with Crippen molar-refractivity contribution in [3.05, 3.63) is 24.3 Å². The SMILES string of the molecule is CC1CC2(CC2)CN1C(=O)C(CC(=O)NO)CC1CCCC1.O=CNc1ccc(N2CCOCC2)cc1. The predicted octanol–water partition coefficient (Wildman–Crippen LogP) is 3.57. The van der Waals surface area contributed by atoms with Crippen LogP contribution in [0.5, 0.6) is 0 Å². The molecule has 3 amide bonds. The summed E-state index contributed by atoms with van der Waals surface area (Å²) in [5, 5.41) is 11.4. The maximum atomic E-state index is 13.0. The fourth-order valence-corrected chi connectivity index (χ4v) is 6.23. The quantitative estimate of drug-likeness (QED) is 0.278. The molecule has 5 rings (SSSR count). The standard InChI is InChI=1S/C17H28N2O3.C11H14N2O2/c1-12-10-17(6-7-17)11-19(12)16(21)14(9-15(20)18-22)8-13-4-2-3-5-13;14-9-12-10-1-3-11(4-2-10)13-5-7-15-8-6-13/h12-14,22H,2-11H2,1H3,(H,18,20);1-4,9H,5-8H2,(H,12,14). The van der Waals surface area contributed by atoms with Crippen molar-refractivity contribution in [1.82, 2.24) is 10.4 Å². The summed E-state index contributed by atoms with van der Waals surface area (Å²) in [7, 11) is 0. The van der Waals surface area contributed by atoms with E-state index in [0.29, 0.717) is 23.8 Å². The smallest absolute Gasteiger partial charge is 0.244 e. The van der Waals surface area contributed by atoms with Gasteiger partial charge in [-0.15, -0.1) is 0 Å². The van der Waals surface area contributed by atoms with Crippen LogP contribution in [-0.2, 0) is 19.1 Å². The molecule has 4 fully saturated rings. The van der Waals surface area contributed by atoms with Gasteiger partial charge in [-0.05, 0) is 68.2 Å². The lowest BCUT2D eigenvalue weighted by molar-refractivity contribution is -0.141. The van der Waals surface area contributed by atoms with E-state index >= 15 is 0 Å². The highest BCUT2D eigenvalue weighted by molar-refractivity contribution is 5.85. The Balaban J connectivity index is 0.000000186. The zero-order chi connectivity index (χ0) is 26.3. The second kappa shape index (κ2) is 12.7. The molecule has 2 heterocycles. The minimum atomic E-state index is -0.440. The average Bonchev–Trinajstić information content (AvgIpc) is 3.31. The van der Waals surface area contributed by atoms with Gasteiger partial charge in [-0.1, -0.05) is 25.7 Å². The Morgan fingerprint density at radius 1 is 1.16 bits per heavy atom. The van der Waals surface area contributed by atoms with Crippen LogP contribution in [0.2, 0.25) is 0 Å². The van der Waals surface area contributed by atoms with Crippen LogP contribution in [0.15, 0.2) is 24.3 Å². The number of anilines is 2. The molecular formula is C28H42N4O5. The highest BCUT2D eigenvalue weighted by Crippen LogP contribution is 2.55. The van der Waals surface area contributed by atoms with Crippen LogP contribution in [0.25, 0.3) is 0 Å². The van der Waals surface area contributed by atoms with E-state index in [9.17, 15) is 14.4 Å². The minimum Gasteiger partial charge on any atom is -0.378 e. The van der Waals surface area contributed by atoms with Gasteiger partial charge >= 0.3 is 0 Å². The first kappa shape index (κ1) is 27.4. The largest absolute Gasteiger partial charge is 0.378 e. The number of hydrogen-bond donors (Lipinski definition) is 3. The molecule has 2 atom stereocenters. The summed E-state index contributed by atoms with van der Waals surface area (Å²) in [5.74, 6) is -0.0176. The summed E-state index contributed by atoms with van der Waals surface area (Å²) in [6, 6.07) is 8.12. The van der Waals surface area contributed by atoms with E-state index < -0.39 is 5.91 Å². The maximum Gasteiger partial charge on any atom is 0.244 e. The normalized spacial score (nSPS) is 23.2. The molecule has 2 saturated heterocycles. The highest BCUT2D eigenvalue weighted by atomic mass is 16.5. The molecule has 2 saturated carbocycles. The first-order valence-electron chi connectivity index (χ1n) is 13.8.